The van der Waals surface area contributed by atoms with Crippen molar-refractivity contribution < 1.29 is 31.1 Å². The highest BCUT2D eigenvalue weighted by Gasteiger charge is 2.38. The monoisotopic (exact) mass is 396 g/mol. The summed E-state index contributed by atoms with van der Waals surface area (Å²) in [5.74, 6) is -1.74. The summed E-state index contributed by atoms with van der Waals surface area (Å²) in [6, 6.07) is 1.56. The quantitative estimate of drug-likeness (QED) is 0.625. The van der Waals surface area contributed by atoms with Crippen LogP contribution < -0.4 is 4.72 Å². The lowest BCUT2D eigenvalue weighted by Crippen LogP contribution is -2.39. The number of aliphatic imine (C=N–C) groups is 1. The molecule has 1 aromatic carbocycles. The standard InChI is InChI=1S/C14H15F3N2O4S2/c1-4-23-13(20)12-18-9-5-8(14(15,16)17)10(24-7(2)3)6-11(9)25(21,22)19-12/h5-7H,4H2,1-3H3,(H,18,19). The first kappa shape index (κ1) is 19.6. The zero-order valence-corrected chi connectivity index (χ0v) is 15.1. The van der Waals surface area contributed by atoms with E-state index in [1.165, 1.54) is 6.92 Å². The summed E-state index contributed by atoms with van der Waals surface area (Å²) in [6.45, 7) is 4.84. The molecule has 1 aliphatic heterocycles. The molecule has 0 saturated heterocycles. The lowest BCUT2D eigenvalue weighted by atomic mass is 10.2. The Hall–Kier alpha value is -1.75. The topological polar surface area (TPSA) is 84.8 Å². The number of carbonyl (C=O) groups excluding carboxylic acids is 1. The third-order valence-corrected chi connectivity index (χ3v) is 5.38. The second kappa shape index (κ2) is 6.87. The molecule has 0 aromatic heterocycles. The van der Waals surface area contributed by atoms with Crippen LogP contribution in [0.4, 0.5) is 18.9 Å². The Morgan fingerprint density at radius 3 is 2.52 bits per heavy atom. The molecule has 138 valence electrons. The molecule has 6 nitrogen and oxygen atoms in total. The van der Waals surface area contributed by atoms with Crippen LogP contribution in [0.1, 0.15) is 26.3 Å². The normalized spacial score (nSPS) is 16.0. The van der Waals surface area contributed by atoms with E-state index in [0.29, 0.717) is 6.07 Å². The van der Waals surface area contributed by atoms with Crippen LogP contribution in [-0.4, -0.2) is 32.1 Å². The number of benzene rings is 1. The largest absolute Gasteiger partial charge is 0.460 e. The minimum Gasteiger partial charge on any atom is -0.460 e. The van der Waals surface area contributed by atoms with Gasteiger partial charge in [-0.1, -0.05) is 13.8 Å². The summed E-state index contributed by atoms with van der Waals surface area (Å²) in [6.07, 6.45) is -4.69. The number of alkyl halides is 3. The van der Waals surface area contributed by atoms with Crippen molar-refractivity contribution in [2.45, 2.75) is 42.0 Å². The number of thioether (sulfide) groups is 1. The smallest absolute Gasteiger partial charge is 0.417 e. The van der Waals surface area contributed by atoms with Gasteiger partial charge in [-0.15, -0.1) is 11.8 Å². The molecule has 1 aliphatic rings. The molecule has 0 fully saturated rings. The zero-order chi connectivity index (χ0) is 19.0. The summed E-state index contributed by atoms with van der Waals surface area (Å²) in [4.78, 5) is 14.7. The molecule has 0 spiro atoms. The number of sulfonamides is 1. The fourth-order valence-corrected chi connectivity index (χ4v) is 4.25. The van der Waals surface area contributed by atoms with Gasteiger partial charge in [0.1, 0.15) is 4.90 Å². The van der Waals surface area contributed by atoms with Gasteiger partial charge in [-0.05, 0) is 19.1 Å². The number of fused-ring (bicyclic) bond motifs is 1. The predicted octanol–water partition coefficient (Wildman–Crippen LogP) is 3.09. The second-order valence-corrected chi connectivity index (χ2v) is 8.54. The Balaban J connectivity index is 2.68. The van der Waals surface area contributed by atoms with E-state index in [-0.39, 0.29) is 16.8 Å². The number of ether oxygens (including phenoxy) is 1. The Kier molecular flexibility index (Phi) is 5.38. The number of carbonyl (C=O) groups is 1. The van der Waals surface area contributed by atoms with E-state index in [9.17, 15) is 26.4 Å². The first-order valence-electron chi connectivity index (χ1n) is 7.16. The van der Waals surface area contributed by atoms with E-state index in [1.54, 1.807) is 13.8 Å². The van der Waals surface area contributed by atoms with Gasteiger partial charge in [-0.25, -0.2) is 18.2 Å². The van der Waals surface area contributed by atoms with Crippen LogP contribution in [-0.2, 0) is 25.7 Å². The van der Waals surface area contributed by atoms with Gasteiger partial charge in [0.25, 0.3) is 10.0 Å². The van der Waals surface area contributed by atoms with Gasteiger partial charge >= 0.3 is 12.1 Å². The van der Waals surface area contributed by atoms with Crippen LogP contribution >= 0.6 is 11.8 Å². The molecular formula is C14H15F3N2O4S2. The van der Waals surface area contributed by atoms with Crippen LogP contribution in [0.25, 0.3) is 0 Å². The Bertz CT molecular complexity index is 833. The maximum absolute atomic E-state index is 13.3. The van der Waals surface area contributed by atoms with Crippen LogP contribution in [0.5, 0.6) is 0 Å². The zero-order valence-electron chi connectivity index (χ0n) is 13.5. The van der Waals surface area contributed by atoms with Crippen LogP contribution in [0.15, 0.2) is 26.9 Å². The van der Waals surface area contributed by atoms with Gasteiger partial charge in [0.05, 0.1) is 17.9 Å². The van der Waals surface area contributed by atoms with Crippen molar-refractivity contribution in [2.75, 3.05) is 6.61 Å². The molecule has 0 atom stereocenters. The highest BCUT2D eigenvalue weighted by atomic mass is 32.2. The van der Waals surface area contributed by atoms with E-state index in [2.05, 4.69) is 9.73 Å². The minimum absolute atomic E-state index is 0.0375. The molecular weight excluding hydrogens is 381 g/mol. The lowest BCUT2D eigenvalue weighted by Gasteiger charge is -2.21. The Morgan fingerprint density at radius 2 is 2.00 bits per heavy atom. The maximum atomic E-state index is 13.3. The summed E-state index contributed by atoms with van der Waals surface area (Å²) in [7, 11) is -4.24. The molecule has 0 bridgehead atoms. The average Bonchev–Trinajstić information content (AvgIpc) is 2.45. The van der Waals surface area contributed by atoms with Gasteiger partial charge in [-0.2, -0.15) is 13.2 Å². The lowest BCUT2D eigenvalue weighted by molar-refractivity contribution is -0.139. The SMILES string of the molecule is CCOC(=O)C1=Nc2cc(C(F)(F)F)c(SC(C)C)cc2S(=O)(=O)N1. The van der Waals surface area contributed by atoms with Crippen LogP contribution in [0.2, 0.25) is 0 Å². The second-order valence-electron chi connectivity index (χ2n) is 5.27. The third-order valence-electron chi connectivity index (χ3n) is 2.95. The van der Waals surface area contributed by atoms with Gasteiger partial charge in [0.2, 0.25) is 5.84 Å². The molecule has 0 amide bonds. The van der Waals surface area contributed by atoms with E-state index in [0.717, 1.165) is 17.8 Å². The molecule has 0 aliphatic carbocycles. The first-order chi connectivity index (χ1) is 11.5. The van der Waals surface area contributed by atoms with E-state index in [4.69, 9.17) is 0 Å². The molecule has 1 aromatic rings. The molecule has 25 heavy (non-hydrogen) atoms. The third kappa shape index (κ3) is 4.27. The van der Waals surface area contributed by atoms with Crippen molar-refractivity contribution >= 4 is 39.3 Å². The number of hydrogen-bond acceptors (Lipinski definition) is 6. The highest BCUT2D eigenvalue weighted by Crippen LogP contribution is 2.43. The fraction of sp³-hybridized carbons (Fsp3) is 0.429. The van der Waals surface area contributed by atoms with Crippen molar-refractivity contribution in [3.8, 4) is 0 Å². The molecule has 2 rings (SSSR count). The van der Waals surface area contributed by atoms with Gasteiger partial charge in [0.15, 0.2) is 0 Å². The van der Waals surface area contributed by atoms with Crippen molar-refractivity contribution in [3.63, 3.8) is 0 Å². The predicted molar refractivity (Wildman–Crippen MR) is 86.5 cm³/mol. The Morgan fingerprint density at radius 1 is 1.36 bits per heavy atom. The molecule has 0 saturated carbocycles. The number of nitrogens with zero attached hydrogens (tertiary/aromatic N) is 1. The maximum Gasteiger partial charge on any atom is 0.417 e. The van der Waals surface area contributed by atoms with E-state index < -0.39 is 44.2 Å². The Labute approximate surface area is 146 Å². The van der Waals surface area contributed by atoms with E-state index >= 15 is 0 Å². The summed E-state index contributed by atoms with van der Waals surface area (Å²) >= 11 is 0.888. The minimum atomic E-state index is -4.69. The molecule has 1 heterocycles. The van der Waals surface area contributed by atoms with Gasteiger partial charge < -0.3 is 4.74 Å². The summed E-state index contributed by atoms with van der Waals surface area (Å²) in [5.41, 5.74) is -1.46. The number of amidine groups is 1. The molecule has 1 N–H and O–H groups in total. The number of halogens is 3. The van der Waals surface area contributed by atoms with Crippen molar-refractivity contribution in [2.24, 2.45) is 4.99 Å². The fourth-order valence-electron chi connectivity index (χ4n) is 2.04. The van der Waals surface area contributed by atoms with Gasteiger partial charge in [0, 0.05) is 10.1 Å². The number of hydrogen-bond donors (Lipinski definition) is 1. The molecule has 0 unspecified atom stereocenters. The molecule has 0 radical (unpaired) electrons. The number of nitrogens with one attached hydrogen (secondary N) is 1. The molecule has 11 heteroatoms. The van der Waals surface area contributed by atoms with Crippen molar-refractivity contribution in [1.29, 1.82) is 0 Å². The summed E-state index contributed by atoms with van der Waals surface area (Å²) < 4.78 is 71.1. The van der Waals surface area contributed by atoms with Crippen molar-refractivity contribution in [1.82, 2.24) is 4.72 Å². The number of esters is 1. The van der Waals surface area contributed by atoms with E-state index in [1.807, 2.05) is 4.72 Å². The van der Waals surface area contributed by atoms with Gasteiger partial charge in [-0.3, -0.25) is 4.72 Å². The first-order valence-corrected chi connectivity index (χ1v) is 9.52. The van der Waals surface area contributed by atoms with Crippen LogP contribution in [0.3, 0.4) is 0 Å². The van der Waals surface area contributed by atoms with Crippen LogP contribution in [0, 0.1) is 0 Å². The highest BCUT2D eigenvalue weighted by molar-refractivity contribution is 8.00. The van der Waals surface area contributed by atoms with Crippen molar-refractivity contribution in [3.05, 3.63) is 17.7 Å². The number of rotatable bonds is 4. The summed E-state index contributed by atoms with van der Waals surface area (Å²) in [5, 5.41) is -0.197. The average molecular weight is 396 g/mol.